The van der Waals surface area contributed by atoms with Crippen LogP contribution in [-0.2, 0) is 4.74 Å². The van der Waals surface area contributed by atoms with Crippen molar-refractivity contribution >= 4 is 17.6 Å². The smallest absolute Gasteiger partial charge is 0.191 e. The van der Waals surface area contributed by atoms with Crippen molar-refractivity contribution in [3.63, 3.8) is 0 Å². The molecule has 0 aromatic heterocycles. The summed E-state index contributed by atoms with van der Waals surface area (Å²) in [5.74, 6) is 1.64. The van der Waals surface area contributed by atoms with Crippen LogP contribution in [0, 0.1) is 5.92 Å². The molecule has 21 heavy (non-hydrogen) atoms. The maximum Gasteiger partial charge on any atom is 0.191 e. The van der Waals surface area contributed by atoms with E-state index in [9.17, 15) is 0 Å². The van der Waals surface area contributed by atoms with Crippen LogP contribution in [0.5, 0.6) is 0 Å². The van der Waals surface area contributed by atoms with Gasteiger partial charge in [0, 0.05) is 24.7 Å². The van der Waals surface area contributed by atoms with E-state index in [-0.39, 0.29) is 6.10 Å². The summed E-state index contributed by atoms with van der Waals surface area (Å²) in [7, 11) is 0. The zero-order valence-electron chi connectivity index (χ0n) is 12.1. The first kappa shape index (κ1) is 14.7. The largest absolute Gasteiger partial charge is 0.371 e. The molecule has 114 valence electrons. The molecule has 1 aromatic rings. The third-order valence-electron chi connectivity index (χ3n) is 3.82. The number of aliphatic imine (C=N–C) groups is 1. The van der Waals surface area contributed by atoms with Gasteiger partial charge in [0.15, 0.2) is 5.96 Å². The lowest BCUT2D eigenvalue weighted by molar-refractivity contribution is 0.0480. The molecule has 4 nitrogen and oxygen atoms in total. The minimum Gasteiger partial charge on any atom is -0.371 e. The molecule has 1 saturated carbocycles. The number of halogens is 1. The first-order valence-corrected chi connectivity index (χ1v) is 8.08. The normalized spacial score (nSPS) is 19.6. The topological polar surface area (TPSA) is 45.7 Å². The number of ether oxygens (including phenoxy) is 1. The van der Waals surface area contributed by atoms with Crippen molar-refractivity contribution < 1.29 is 4.74 Å². The number of nitrogens with one attached hydrogen (secondary N) is 2. The molecule has 0 saturated heterocycles. The molecule has 1 fully saturated rings. The summed E-state index contributed by atoms with van der Waals surface area (Å²) in [6, 6.07) is 7.91. The Morgan fingerprint density at radius 1 is 1.33 bits per heavy atom. The minimum absolute atomic E-state index is 0.0364. The van der Waals surface area contributed by atoms with Gasteiger partial charge >= 0.3 is 0 Å². The summed E-state index contributed by atoms with van der Waals surface area (Å²) in [6.45, 7) is 3.44. The average molecular weight is 308 g/mol. The molecule has 1 aliphatic heterocycles. The van der Waals surface area contributed by atoms with Crippen molar-refractivity contribution in [3.05, 3.63) is 34.9 Å². The maximum atomic E-state index is 6.09. The maximum absolute atomic E-state index is 6.09. The molecule has 2 aliphatic rings. The number of benzene rings is 1. The second-order valence-corrected chi connectivity index (χ2v) is 6.14. The predicted molar refractivity (Wildman–Crippen MR) is 85.8 cm³/mol. The molecular weight excluding hydrogens is 286 g/mol. The summed E-state index contributed by atoms with van der Waals surface area (Å²) < 4.78 is 6.09. The van der Waals surface area contributed by atoms with Crippen LogP contribution < -0.4 is 10.6 Å². The lowest BCUT2D eigenvalue weighted by Crippen LogP contribution is -2.42. The first-order valence-electron chi connectivity index (χ1n) is 7.70. The second kappa shape index (κ2) is 7.14. The summed E-state index contributed by atoms with van der Waals surface area (Å²) in [5.41, 5.74) is 1.16. The number of nitrogens with zero attached hydrogens (tertiary/aromatic N) is 1. The van der Waals surface area contributed by atoms with Gasteiger partial charge in [0.1, 0.15) is 0 Å². The van der Waals surface area contributed by atoms with E-state index < -0.39 is 0 Å². The molecule has 5 heteroatoms. The van der Waals surface area contributed by atoms with E-state index in [4.69, 9.17) is 16.3 Å². The standard InChI is InChI=1S/C16H22ClN3O/c17-14-6-4-13(5-7-14)15(21-11-12-2-3-12)10-20-16-18-8-1-9-19-16/h4-7,12,15H,1-3,8-11H2,(H2,18,19,20). The zero-order valence-corrected chi connectivity index (χ0v) is 12.9. The third kappa shape index (κ3) is 4.61. The van der Waals surface area contributed by atoms with Crippen LogP contribution in [0.4, 0.5) is 0 Å². The van der Waals surface area contributed by atoms with Crippen LogP contribution in [0.3, 0.4) is 0 Å². The van der Waals surface area contributed by atoms with Crippen LogP contribution >= 0.6 is 11.6 Å². The lowest BCUT2D eigenvalue weighted by atomic mass is 10.1. The van der Waals surface area contributed by atoms with Gasteiger partial charge in [-0.2, -0.15) is 0 Å². The van der Waals surface area contributed by atoms with E-state index in [1.54, 1.807) is 0 Å². The van der Waals surface area contributed by atoms with Gasteiger partial charge in [-0.05, 0) is 42.9 Å². The Balaban J connectivity index is 1.59. The Morgan fingerprint density at radius 2 is 2.14 bits per heavy atom. The third-order valence-corrected chi connectivity index (χ3v) is 4.08. The van der Waals surface area contributed by atoms with E-state index in [1.165, 1.54) is 12.8 Å². The molecule has 1 unspecified atom stereocenters. The molecule has 1 aliphatic carbocycles. The van der Waals surface area contributed by atoms with Gasteiger partial charge in [0.05, 0.1) is 12.7 Å². The van der Waals surface area contributed by atoms with Gasteiger partial charge in [0.25, 0.3) is 0 Å². The average Bonchev–Trinajstić information content (AvgIpc) is 3.34. The Labute approximate surface area is 130 Å². The van der Waals surface area contributed by atoms with Gasteiger partial charge in [0.2, 0.25) is 0 Å². The highest BCUT2D eigenvalue weighted by Gasteiger charge is 2.24. The molecule has 1 atom stereocenters. The lowest BCUT2D eigenvalue weighted by Gasteiger charge is -2.22. The predicted octanol–water partition coefficient (Wildman–Crippen LogP) is 2.75. The number of rotatable bonds is 6. The Hall–Kier alpha value is -1.26. The van der Waals surface area contributed by atoms with Crippen LogP contribution in [0.2, 0.25) is 5.02 Å². The Bertz CT molecular complexity index is 485. The monoisotopic (exact) mass is 307 g/mol. The molecule has 0 spiro atoms. The van der Waals surface area contributed by atoms with Crippen molar-refractivity contribution in [3.8, 4) is 0 Å². The van der Waals surface area contributed by atoms with Crippen molar-refractivity contribution in [2.24, 2.45) is 10.9 Å². The summed E-state index contributed by atoms with van der Waals surface area (Å²) in [5, 5.41) is 7.39. The van der Waals surface area contributed by atoms with E-state index in [2.05, 4.69) is 15.6 Å². The van der Waals surface area contributed by atoms with Gasteiger partial charge in [-0.1, -0.05) is 23.7 Å². The van der Waals surface area contributed by atoms with Gasteiger partial charge in [-0.25, -0.2) is 0 Å². The van der Waals surface area contributed by atoms with Crippen molar-refractivity contribution in [1.29, 1.82) is 0 Å². The van der Waals surface area contributed by atoms with E-state index >= 15 is 0 Å². The Kier molecular flexibility index (Phi) is 4.99. The van der Waals surface area contributed by atoms with E-state index in [1.807, 2.05) is 24.3 Å². The Morgan fingerprint density at radius 3 is 2.81 bits per heavy atom. The van der Waals surface area contributed by atoms with Gasteiger partial charge in [-0.3, -0.25) is 4.99 Å². The molecule has 1 heterocycles. The molecule has 0 bridgehead atoms. The highest BCUT2D eigenvalue weighted by Crippen LogP contribution is 2.31. The van der Waals surface area contributed by atoms with E-state index in [0.29, 0.717) is 0 Å². The SMILES string of the molecule is Clc1ccc(C(CNC2=NCCCN2)OCC2CC2)cc1. The highest BCUT2D eigenvalue weighted by atomic mass is 35.5. The van der Waals surface area contributed by atoms with Gasteiger partial charge in [-0.15, -0.1) is 0 Å². The summed E-state index contributed by atoms with van der Waals surface area (Å²) in [6.07, 6.45) is 3.74. The molecule has 3 rings (SSSR count). The molecule has 0 radical (unpaired) electrons. The van der Waals surface area contributed by atoms with Gasteiger partial charge < -0.3 is 15.4 Å². The number of hydrogen-bond acceptors (Lipinski definition) is 4. The van der Waals surface area contributed by atoms with Crippen LogP contribution in [-0.4, -0.2) is 32.2 Å². The highest BCUT2D eigenvalue weighted by molar-refractivity contribution is 6.30. The van der Waals surface area contributed by atoms with E-state index in [0.717, 1.165) is 55.1 Å². The van der Waals surface area contributed by atoms with Crippen molar-refractivity contribution in [1.82, 2.24) is 10.6 Å². The van der Waals surface area contributed by atoms with Crippen molar-refractivity contribution in [2.45, 2.75) is 25.4 Å². The van der Waals surface area contributed by atoms with Crippen LogP contribution in [0.15, 0.2) is 29.3 Å². The zero-order chi connectivity index (χ0) is 14.5. The second-order valence-electron chi connectivity index (χ2n) is 5.71. The quantitative estimate of drug-likeness (QED) is 0.849. The molecule has 1 aromatic carbocycles. The summed E-state index contributed by atoms with van der Waals surface area (Å²) in [4.78, 5) is 4.43. The van der Waals surface area contributed by atoms with Crippen molar-refractivity contribution in [2.75, 3.05) is 26.2 Å². The van der Waals surface area contributed by atoms with Crippen LogP contribution in [0.25, 0.3) is 0 Å². The first-order chi connectivity index (χ1) is 10.3. The fourth-order valence-electron chi connectivity index (χ4n) is 2.33. The molecule has 0 amide bonds. The minimum atomic E-state index is 0.0364. The number of hydrogen-bond donors (Lipinski definition) is 2. The van der Waals surface area contributed by atoms with Crippen LogP contribution in [0.1, 0.15) is 30.9 Å². The summed E-state index contributed by atoms with van der Waals surface area (Å²) >= 11 is 5.97. The number of guanidine groups is 1. The molecular formula is C16H22ClN3O. The fraction of sp³-hybridized carbons (Fsp3) is 0.562. The fourth-order valence-corrected chi connectivity index (χ4v) is 2.45. The molecule has 2 N–H and O–H groups in total.